The first-order valence-corrected chi connectivity index (χ1v) is 5.98. The van der Waals surface area contributed by atoms with E-state index in [0.29, 0.717) is 6.54 Å². The summed E-state index contributed by atoms with van der Waals surface area (Å²) in [4.78, 5) is 15.2. The van der Waals surface area contributed by atoms with Crippen LogP contribution in [0.1, 0.15) is 23.1 Å². The van der Waals surface area contributed by atoms with Crippen LogP contribution < -0.4 is 11.1 Å². The van der Waals surface area contributed by atoms with Crippen molar-refractivity contribution in [3.05, 3.63) is 35.9 Å². The molecule has 2 aromatic rings. The van der Waals surface area contributed by atoms with Gasteiger partial charge in [0.15, 0.2) is 5.69 Å². The van der Waals surface area contributed by atoms with E-state index in [9.17, 15) is 18.0 Å². The van der Waals surface area contributed by atoms with Gasteiger partial charge in [-0.05, 0) is 19.1 Å². The van der Waals surface area contributed by atoms with Gasteiger partial charge in [0.25, 0.3) is 5.91 Å². The van der Waals surface area contributed by atoms with Crippen molar-refractivity contribution >= 4 is 17.3 Å². The SMILES string of the molecule is CCn1cc(N)c(C(=O)Nc2ccc(C(F)(F)F)nc2)n1. The zero-order valence-electron chi connectivity index (χ0n) is 11.0. The second-order valence-corrected chi connectivity index (χ2v) is 4.17. The largest absolute Gasteiger partial charge is 0.433 e. The van der Waals surface area contributed by atoms with Gasteiger partial charge in [-0.25, -0.2) is 4.98 Å². The van der Waals surface area contributed by atoms with Crippen LogP contribution in [0.15, 0.2) is 24.5 Å². The quantitative estimate of drug-likeness (QED) is 0.909. The number of amides is 1. The Morgan fingerprint density at radius 3 is 2.62 bits per heavy atom. The highest BCUT2D eigenvalue weighted by Gasteiger charge is 2.32. The molecule has 0 bridgehead atoms. The van der Waals surface area contributed by atoms with E-state index < -0.39 is 17.8 Å². The third-order valence-corrected chi connectivity index (χ3v) is 2.64. The molecule has 0 aliphatic heterocycles. The molecule has 2 heterocycles. The zero-order chi connectivity index (χ0) is 15.6. The highest BCUT2D eigenvalue weighted by Crippen LogP contribution is 2.27. The van der Waals surface area contributed by atoms with Crippen molar-refractivity contribution in [3.8, 4) is 0 Å². The number of aryl methyl sites for hydroxylation is 1. The van der Waals surface area contributed by atoms with E-state index in [4.69, 9.17) is 5.73 Å². The lowest BCUT2D eigenvalue weighted by Crippen LogP contribution is -2.15. The molecule has 0 aliphatic rings. The lowest BCUT2D eigenvalue weighted by molar-refractivity contribution is -0.141. The van der Waals surface area contributed by atoms with Gasteiger partial charge in [0.1, 0.15) is 5.69 Å². The van der Waals surface area contributed by atoms with Crippen molar-refractivity contribution in [2.75, 3.05) is 11.1 Å². The summed E-state index contributed by atoms with van der Waals surface area (Å²) < 4.78 is 38.6. The highest BCUT2D eigenvalue weighted by atomic mass is 19.4. The monoisotopic (exact) mass is 299 g/mol. The average Bonchev–Trinajstić information content (AvgIpc) is 2.80. The number of alkyl halides is 3. The Bertz CT molecular complexity index is 648. The highest BCUT2D eigenvalue weighted by molar-refractivity contribution is 6.06. The number of hydrogen-bond donors (Lipinski definition) is 2. The molecule has 6 nitrogen and oxygen atoms in total. The predicted octanol–water partition coefficient (Wildman–Crippen LogP) is 2.15. The van der Waals surface area contributed by atoms with Crippen LogP contribution in [-0.4, -0.2) is 20.7 Å². The Balaban J connectivity index is 2.14. The molecule has 0 radical (unpaired) electrons. The maximum atomic E-state index is 12.4. The number of nitrogen functional groups attached to an aromatic ring is 1. The second kappa shape index (κ2) is 5.43. The minimum absolute atomic E-state index is 0.0109. The summed E-state index contributed by atoms with van der Waals surface area (Å²) in [6, 6.07) is 1.89. The minimum Gasteiger partial charge on any atom is -0.396 e. The molecule has 0 spiro atoms. The maximum absolute atomic E-state index is 12.4. The number of halogens is 3. The van der Waals surface area contributed by atoms with Crippen molar-refractivity contribution in [2.24, 2.45) is 0 Å². The van der Waals surface area contributed by atoms with Crippen LogP contribution in [0.5, 0.6) is 0 Å². The predicted molar refractivity (Wildman–Crippen MR) is 69.5 cm³/mol. The molecule has 1 amide bonds. The van der Waals surface area contributed by atoms with E-state index in [1.54, 1.807) is 0 Å². The third-order valence-electron chi connectivity index (χ3n) is 2.64. The number of hydrogen-bond acceptors (Lipinski definition) is 4. The Morgan fingerprint density at radius 1 is 1.43 bits per heavy atom. The molecule has 3 N–H and O–H groups in total. The lowest BCUT2D eigenvalue weighted by Gasteiger charge is -2.07. The summed E-state index contributed by atoms with van der Waals surface area (Å²) in [5.74, 6) is -0.610. The normalized spacial score (nSPS) is 11.4. The van der Waals surface area contributed by atoms with Gasteiger partial charge in [0.05, 0.1) is 17.6 Å². The van der Waals surface area contributed by atoms with Gasteiger partial charge in [0, 0.05) is 12.7 Å². The molecule has 2 rings (SSSR count). The first-order chi connectivity index (χ1) is 9.81. The molecular formula is C12H12F3N5O. The van der Waals surface area contributed by atoms with Crippen molar-refractivity contribution in [2.45, 2.75) is 19.6 Å². The van der Waals surface area contributed by atoms with E-state index in [-0.39, 0.29) is 17.1 Å². The van der Waals surface area contributed by atoms with E-state index in [2.05, 4.69) is 15.4 Å². The Labute approximate surface area is 117 Å². The van der Waals surface area contributed by atoms with E-state index in [0.717, 1.165) is 18.3 Å². The van der Waals surface area contributed by atoms with Gasteiger partial charge in [-0.3, -0.25) is 9.48 Å². The van der Waals surface area contributed by atoms with Crippen LogP contribution in [0.25, 0.3) is 0 Å². The van der Waals surface area contributed by atoms with Crippen molar-refractivity contribution in [3.63, 3.8) is 0 Å². The molecule has 0 fully saturated rings. The summed E-state index contributed by atoms with van der Waals surface area (Å²) in [6.45, 7) is 2.37. The van der Waals surface area contributed by atoms with Crippen LogP contribution in [0.3, 0.4) is 0 Å². The fourth-order valence-electron chi connectivity index (χ4n) is 1.60. The van der Waals surface area contributed by atoms with Crippen LogP contribution >= 0.6 is 0 Å². The van der Waals surface area contributed by atoms with Gasteiger partial charge >= 0.3 is 6.18 Å². The number of carbonyl (C=O) groups excluding carboxylic acids is 1. The standard InChI is InChI=1S/C12H12F3N5O/c1-2-20-6-8(16)10(19-20)11(21)18-7-3-4-9(17-5-7)12(13,14)15/h3-6H,2,16H2,1H3,(H,18,21). The number of rotatable bonds is 3. The molecule has 0 atom stereocenters. The number of aromatic nitrogens is 3. The topological polar surface area (TPSA) is 85.8 Å². The number of carbonyl (C=O) groups is 1. The van der Waals surface area contributed by atoms with Crippen LogP contribution in [0.4, 0.5) is 24.5 Å². The number of pyridine rings is 1. The summed E-state index contributed by atoms with van der Waals surface area (Å²) in [5.41, 5.74) is 4.94. The van der Waals surface area contributed by atoms with Crippen molar-refractivity contribution < 1.29 is 18.0 Å². The smallest absolute Gasteiger partial charge is 0.396 e. The number of nitrogens with two attached hydrogens (primary N) is 1. The fourth-order valence-corrected chi connectivity index (χ4v) is 1.60. The Kier molecular flexibility index (Phi) is 3.83. The van der Waals surface area contributed by atoms with E-state index in [1.807, 2.05) is 6.92 Å². The molecule has 0 aromatic carbocycles. The first-order valence-electron chi connectivity index (χ1n) is 5.98. The van der Waals surface area contributed by atoms with Crippen LogP contribution in [0, 0.1) is 0 Å². The Morgan fingerprint density at radius 2 is 2.14 bits per heavy atom. The van der Waals surface area contributed by atoms with E-state index in [1.165, 1.54) is 10.9 Å². The number of nitrogens with zero attached hydrogens (tertiary/aromatic N) is 3. The summed E-state index contributed by atoms with van der Waals surface area (Å²) >= 11 is 0. The van der Waals surface area contributed by atoms with Crippen molar-refractivity contribution in [1.29, 1.82) is 0 Å². The fraction of sp³-hybridized carbons (Fsp3) is 0.250. The molecule has 112 valence electrons. The van der Waals surface area contributed by atoms with Gasteiger partial charge in [-0.2, -0.15) is 18.3 Å². The number of nitrogens with one attached hydrogen (secondary N) is 1. The molecule has 0 saturated carbocycles. The molecule has 0 saturated heterocycles. The van der Waals surface area contributed by atoms with Crippen LogP contribution in [0.2, 0.25) is 0 Å². The van der Waals surface area contributed by atoms with E-state index >= 15 is 0 Å². The maximum Gasteiger partial charge on any atom is 0.433 e. The lowest BCUT2D eigenvalue weighted by atomic mass is 10.3. The van der Waals surface area contributed by atoms with Gasteiger partial charge in [-0.15, -0.1) is 0 Å². The summed E-state index contributed by atoms with van der Waals surface area (Å²) in [5, 5.41) is 6.35. The number of anilines is 2. The van der Waals surface area contributed by atoms with Crippen LogP contribution in [-0.2, 0) is 12.7 Å². The molecular weight excluding hydrogens is 287 g/mol. The summed E-state index contributed by atoms with van der Waals surface area (Å²) in [7, 11) is 0. The molecule has 2 aromatic heterocycles. The molecule has 9 heteroatoms. The average molecular weight is 299 g/mol. The second-order valence-electron chi connectivity index (χ2n) is 4.17. The van der Waals surface area contributed by atoms with Gasteiger partial charge < -0.3 is 11.1 Å². The van der Waals surface area contributed by atoms with Gasteiger partial charge in [0.2, 0.25) is 0 Å². The Hall–Kier alpha value is -2.58. The molecule has 21 heavy (non-hydrogen) atoms. The minimum atomic E-state index is -4.52. The summed E-state index contributed by atoms with van der Waals surface area (Å²) in [6.07, 6.45) is -2.10. The first kappa shape index (κ1) is 14.8. The van der Waals surface area contributed by atoms with Gasteiger partial charge in [-0.1, -0.05) is 0 Å². The molecule has 0 unspecified atom stereocenters. The molecule has 0 aliphatic carbocycles. The third kappa shape index (κ3) is 3.30. The van der Waals surface area contributed by atoms with Crippen molar-refractivity contribution in [1.82, 2.24) is 14.8 Å². The zero-order valence-corrected chi connectivity index (χ0v) is 11.0.